The Morgan fingerprint density at radius 2 is 1.77 bits per heavy atom. The van der Waals surface area contributed by atoms with E-state index in [0.29, 0.717) is 30.2 Å². The first-order valence-electron chi connectivity index (χ1n) is 11.8. The fraction of sp³-hybridized carbons (Fsp3) is 0.370. The molecule has 1 aromatic heterocycles. The zero-order valence-corrected chi connectivity index (χ0v) is 21.4. The molecule has 0 aliphatic rings. The molecule has 0 saturated carbocycles. The van der Waals surface area contributed by atoms with Crippen molar-refractivity contribution >= 4 is 23.4 Å². The minimum absolute atomic E-state index is 0.0897. The summed E-state index contributed by atoms with van der Waals surface area (Å²) in [5, 5.41) is 10.6. The van der Waals surface area contributed by atoms with Crippen LogP contribution >= 0.6 is 0 Å². The molecule has 0 radical (unpaired) electrons. The van der Waals surface area contributed by atoms with Gasteiger partial charge in [0, 0.05) is 29.8 Å². The zero-order chi connectivity index (χ0) is 25.6. The molecule has 3 aromatic rings. The molecule has 186 valence electrons. The van der Waals surface area contributed by atoms with Crippen molar-refractivity contribution in [3.05, 3.63) is 65.9 Å². The number of aromatic nitrogens is 2. The van der Waals surface area contributed by atoms with Crippen LogP contribution in [0.4, 0.5) is 16.3 Å². The van der Waals surface area contributed by atoms with E-state index in [4.69, 9.17) is 9.84 Å². The number of rotatable bonds is 8. The van der Waals surface area contributed by atoms with Crippen LogP contribution in [0.5, 0.6) is 5.75 Å². The Morgan fingerprint density at radius 1 is 1.06 bits per heavy atom. The van der Waals surface area contributed by atoms with Crippen molar-refractivity contribution < 1.29 is 14.3 Å². The second-order valence-corrected chi connectivity index (χ2v) is 9.54. The first kappa shape index (κ1) is 25.8. The van der Waals surface area contributed by atoms with Gasteiger partial charge in [-0.3, -0.25) is 4.79 Å². The summed E-state index contributed by atoms with van der Waals surface area (Å²) in [5.74, 6) is 0.906. The highest BCUT2D eigenvalue weighted by atomic mass is 16.5. The Balaban J connectivity index is 1.78. The van der Waals surface area contributed by atoms with E-state index in [1.54, 1.807) is 36.1 Å². The molecule has 3 amide bonds. The third-order valence-corrected chi connectivity index (χ3v) is 5.46. The standard InChI is InChI=1S/C27H35N5O3/c1-7-15-31(26(34)28-20-9-8-10-22(16-20)35-6)18-25(33)29-24-17-23(27(3,4)5)30-32(24)21-13-11-19(2)12-14-21/h8-14,16-17H,7,15,18H2,1-6H3,(H,28,34)(H,29,33). The molecule has 3 rings (SSSR count). The number of benzene rings is 2. The maximum atomic E-state index is 13.1. The lowest BCUT2D eigenvalue weighted by Gasteiger charge is -2.22. The van der Waals surface area contributed by atoms with Crippen LogP contribution in [-0.4, -0.2) is 46.8 Å². The smallest absolute Gasteiger partial charge is 0.322 e. The Morgan fingerprint density at radius 3 is 2.40 bits per heavy atom. The molecule has 35 heavy (non-hydrogen) atoms. The van der Waals surface area contributed by atoms with Gasteiger partial charge in [-0.15, -0.1) is 0 Å². The number of nitrogens with zero attached hydrogens (tertiary/aromatic N) is 3. The van der Waals surface area contributed by atoms with Crippen molar-refractivity contribution in [1.82, 2.24) is 14.7 Å². The van der Waals surface area contributed by atoms with Gasteiger partial charge in [0.05, 0.1) is 18.5 Å². The molecular weight excluding hydrogens is 442 g/mol. The first-order chi connectivity index (χ1) is 16.6. The van der Waals surface area contributed by atoms with Gasteiger partial charge >= 0.3 is 6.03 Å². The highest BCUT2D eigenvalue weighted by molar-refractivity contribution is 5.96. The van der Waals surface area contributed by atoms with Crippen molar-refractivity contribution in [2.24, 2.45) is 0 Å². The fourth-order valence-corrected chi connectivity index (χ4v) is 3.50. The number of methoxy groups -OCH3 is 1. The van der Waals surface area contributed by atoms with Gasteiger partial charge in [-0.2, -0.15) is 5.10 Å². The summed E-state index contributed by atoms with van der Waals surface area (Å²) in [7, 11) is 1.57. The van der Waals surface area contributed by atoms with Gasteiger partial charge in [-0.25, -0.2) is 9.48 Å². The maximum Gasteiger partial charge on any atom is 0.322 e. The zero-order valence-electron chi connectivity index (χ0n) is 21.4. The maximum absolute atomic E-state index is 13.1. The van der Waals surface area contributed by atoms with Crippen LogP contribution in [0.3, 0.4) is 0 Å². The summed E-state index contributed by atoms with van der Waals surface area (Å²) in [6.07, 6.45) is 0.717. The molecule has 0 atom stereocenters. The predicted octanol–water partition coefficient (Wildman–Crippen LogP) is 5.37. The van der Waals surface area contributed by atoms with Crippen LogP contribution in [-0.2, 0) is 10.2 Å². The predicted molar refractivity (Wildman–Crippen MR) is 140 cm³/mol. The van der Waals surface area contributed by atoms with Gasteiger partial charge in [-0.05, 0) is 37.6 Å². The van der Waals surface area contributed by atoms with E-state index in [1.807, 2.05) is 44.2 Å². The number of nitrogens with one attached hydrogen (secondary N) is 2. The second-order valence-electron chi connectivity index (χ2n) is 9.54. The summed E-state index contributed by atoms with van der Waals surface area (Å²) in [5.41, 5.74) is 3.25. The number of carbonyl (C=O) groups excluding carboxylic acids is 2. The van der Waals surface area contributed by atoms with E-state index in [-0.39, 0.29) is 23.9 Å². The Labute approximate surface area is 207 Å². The molecule has 0 aliphatic heterocycles. The third-order valence-electron chi connectivity index (χ3n) is 5.46. The largest absolute Gasteiger partial charge is 0.497 e. The normalized spacial score (nSPS) is 11.1. The molecule has 1 heterocycles. The molecule has 0 bridgehead atoms. The molecule has 2 aromatic carbocycles. The number of hydrogen-bond donors (Lipinski definition) is 2. The summed E-state index contributed by atoms with van der Waals surface area (Å²) in [6, 6.07) is 16.6. The van der Waals surface area contributed by atoms with E-state index < -0.39 is 0 Å². The van der Waals surface area contributed by atoms with Gasteiger partial charge in [-0.1, -0.05) is 51.5 Å². The number of aryl methyl sites for hydroxylation is 1. The average Bonchev–Trinajstić information content (AvgIpc) is 3.23. The van der Waals surface area contributed by atoms with Gasteiger partial charge in [0.1, 0.15) is 18.1 Å². The van der Waals surface area contributed by atoms with Crippen molar-refractivity contribution in [3.8, 4) is 11.4 Å². The molecule has 0 saturated heterocycles. The van der Waals surface area contributed by atoms with Crippen molar-refractivity contribution in [2.75, 3.05) is 30.8 Å². The lowest BCUT2D eigenvalue weighted by molar-refractivity contribution is -0.116. The average molecular weight is 478 g/mol. The summed E-state index contributed by atoms with van der Waals surface area (Å²) in [6.45, 7) is 10.6. The van der Waals surface area contributed by atoms with Crippen LogP contribution in [0.25, 0.3) is 5.69 Å². The minimum atomic E-state index is -0.349. The van der Waals surface area contributed by atoms with Crippen molar-refractivity contribution in [3.63, 3.8) is 0 Å². The monoisotopic (exact) mass is 477 g/mol. The second kappa shape index (κ2) is 11.1. The van der Waals surface area contributed by atoms with Gasteiger partial charge < -0.3 is 20.3 Å². The quantitative estimate of drug-likeness (QED) is 0.457. The first-order valence-corrected chi connectivity index (χ1v) is 11.8. The Bertz CT molecular complexity index is 1160. The molecule has 0 unspecified atom stereocenters. The molecule has 0 fully saturated rings. The number of ether oxygens (including phenoxy) is 1. The van der Waals surface area contributed by atoms with E-state index in [1.165, 1.54) is 4.90 Å². The van der Waals surface area contributed by atoms with E-state index in [0.717, 1.165) is 16.9 Å². The number of amides is 3. The van der Waals surface area contributed by atoms with Crippen LogP contribution in [0, 0.1) is 6.92 Å². The highest BCUT2D eigenvalue weighted by Gasteiger charge is 2.23. The van der Waals surface area contributed by atoms with Crippen LogP contribution in [0.1, 0.15) is 45.4 Å². The number of hydrogen-bond acceptors (Lipinski definition) is 4. The van der Waals surface area contributed by atoms with Crippen LogP contribution in [0.2, 0.25) is 0 Å². The van der Waals surface area contributed by atoms with Gasteiger partial charge in [0.2, 0.25) is 5.91 Å². The molecule has 8 heteroatoms. The number of anilines is 2. The summed E-state index contributed by atoms with van der Waals surface area (Å²) < 4.78 is 6.95. The SMILES string of the molecule is CCCN(CC(=O)Nc1cc(C(C)(C)C)nn1-c1ccc(C)cc1)C(=O)Nc1cccc(OC)c1. The Hall–Kier alpha value is -3.81. The highest BCUT2D eigenvalue weighted by Crippen LogP contribution is 2.26. The molecule has 8 nitrogen and oxygen atoms in total. The van der Waals surface area contributed by atoms with E-state index in [2.05, 4.69) is 31.4 Å². The van der Waals surface area contributed by atoms with Crippen LogP contribution in [0.15, 0.2) is 54.6 Å². The number of urea groups is 1. The van der Waals surface area contributed by atoms with Gasteiger partial charge in [0.15, 0.2) is 0 Å². The third kappa shape index (κ3) is 6.85. The van der Waals surface area contributed by atoms with Crippen molar-refractivity contribution in [2.45, 2.75) is 46.5 Å². The lowest BCUT2D eigenvalue weighted by atomic mass is 9.92. The number of carbonyl (C=O) groups is 2. The minimum Gasteiger partial charge on any atom is -0.497 e. The summed E-state index contributed by atoms with van der Waals surface area (Å²) >= 11 is 0. The van der Waals surface area contributed by atoms with Crippen LogP contribution < -0.4 is 15.4 Å². The van der Waals surface area contributed by atoms with E-state index in [9.17, 15) is 9.59 Å². The van der Waals surface area contributed by atoms with Crippen molar-refractivity contribution in [1.29, 1.82) is 0 Å². The molecule has 2 N–H and O–H groups in total. The lowest BCUT2D eigenvalue weighted by Crippen LogP contribution is -2.41. The molecular formula is C27H35N5O3. The molecule has 0 aliphatic carbocycles. The van der Waals surface area contributed by atoms with E-state index >= 15 is 0 Å². The van der Waals surface area contributed by atoms with Gasteiger partial charge in [0.25, 0.3) is 0 Å². The fourth-order valence-electron chi connectivity index (χ4n) is 3.50. The molecule has 0 spiro atoms. The summed E-state index contributed by atoms with van der Waals surface area (Å²) in [4.78, 5) is 27.5. The Kier molecular flexibility index (Phi) is 8.17. The topological polar surface area (TPSA) is 88.5 Å².